The topological polar surface area (TPSA) is 80.8 Å². The molecule has 0 aliphatic heterocycles. The highest BCUT2D eigenvalue weighted by molar-refractivity contribution is 5.89. The van der Waals surface area contributed by atoms with E-state index >= 15 is 0 Å². The zero-order valence-electron chi connectivity index (χ0n) is 12.1. The maximum absolute atomic E-state index is 12.0. The van der Waals surface area contributed by atoms with Gasteiger partial charge < -0.3 is 9.30 Å². The minimum absolute atomic E-state index is 0.0965. The van der Waals surface area contributed by atoms with Gasteiger partial charge in [-0.25, -0.2) is 14.8 Å². The van der Waals surface area contributed by atoms with Crippen molar-refractivity contribution in [2.75, 3.05) is 0 Å². The molecule has 3 rings (SSSR count). The van der Waals surface area contributed by atoms with Crippen molar-refractivity contribution in [2.45, 2.75) is 6.61 Å². The van der Waals surface area contributed by atoms with Crippen LogP contribution in [0.25, 0.3) is 5.69 Å². The Labute approximate surface area is 132 Å². The van der Waals surface area contributed by atoms with Crippen molar-refractivity contribution in [3.63, 3.8) is 0 Å². The molecule has 0 aliphatic carbocycles. The van der Waals surface area contributed by atoms with Crippen molar-refractivity contribution in [1.29, 1.82) is 5.26 Å². The fourth-order valence-electron chi connectivity index (χ4n) is 2.04. The van der Waals surface area contributed by atoms with E-state index < -0.39 is 5.97 Å². The molecule has 0 aliphatic rings. The summed E-state index contributed by atoms with van der Waals surface area (Å²) < 4.78 is 7.09. The molecule has 0 fully saturated rings. The Hall–Kier alpha value is -3.46. The minimum atomic E-state index is -0.419. The summed E-state index contributed by atoms with van der Waals surface area (Å²) in [7, 11) is 0. The largest absolute Gasteiger partial charge is 0.457 e. The Kier molecular flexibility index (Phi) is 4.11. The molecule has 112 valence electrons. The number of rotatable bonds is 4. The quantitative estimate of drug-likeness (QED) is 0.692. The number of carbonyl (C=O) groups is 1. The van der Waals surface area contributed by atoms with Gasteiger partial charge in [-0.2, -0.15) is 5.26 Å². The van der Waals surface area contributed by atoms with Crippen LogP contribution in [0.5, 0.6) is 0 Å². The maximum atomic E-state index is 12.0. The number of carbonyl (C=O) groups excluding carboxylic acids is 1. The van der Waals surface area contributed by atoms with E-state index in [9.17, 15) is 4.79 Å². The zero-order chi connectivity index (χ0) is 16.1. The Morgan fingerprint density at radius 3 is 2.74 bits per heavy atom. The predicted octanol–water partition coefficient (Wildman–Crippen LogP) is 2.50. The smallest absolute Gasteiger partial charge is 0.338 e. The highest BCUT2D eigenvalue weighted by Crippen LogP contribution is 2.11. The normalized spacial score (nSPS) is 10.0. The van der Waals surface area contributed by atoms with E-state index in [2.05, 4.69) is 9.97 Å². The van der Waals surface area contributed by atoms with Gasteiger partial charge in [0.05, 0.1) is 11.9 Å². The Morgan fingerprint density at radius 1 is 1.22 bits per heavy atom. The average molecular weight is 304 g/mol. The van der Waals surface area contributed by atoms with E-state index in [1.807, 2.05) is 29.0 Å². The summed E-state index contributed by atoms with van der Waals surface area (Å²) in [5.41, 5.74) is 2.39. The molecule has 0 radical (unpaired) electrons. The molecular weight excluding hydrogens is 292 g/mol. The molecular formula is C17H12N4O2. The molecule has 0 saturated carbocycles. The molecule has 0 bridgehead atoms. The molecule has 0 saturated heterocycles. The number of nitrogens with zero attached hydrogens (tertiary/aromatic N) is 4. The van der Waals surface area contributed by atoms with Crippen molar-refractivity contribution in [3.8, 4) is 11.8 Å². The van der Waals surface area contributed by atoms with Crippen LogP contribution in [0.3, 0.4) is 0 Å². The van der Waals surface area contributed by atoms with Crippen LogP contribution in [-0.4, -0.2) is 20.5 Å². The maximum Gasteiger partial charge on any atom is 0.338 e. The van der Waals surface area contributed by atoms with Crippen LogP contribution in [0.15, 0.2) is 61.3 Å². The van der Waals surface area contributed by atoms with Gasteiger partial charge in [0.2, 0.25) is 0 Å². The summed E-state index contributed by atoms with van der Waals surface area (Å²) in [4.78, 5) is 19.9. The third kappa shape index (κ3) is 3.41. The van der Waals surface area contributed by atoms with Gasteiger partial charge in [0.15, 0.2) is 0 Å². The van der Waals surface area contributed by atoms with Crippen LogP contribution in [0.1, 0.15) is 21.6 Å². The number of aromatic nitrogens is 3. The third-order valence-electron chi connectivity index (χ3n) is 3.21. The van der Waals surface area contributed by atoms with E-state index in [0.29, 0.717) is 11.3 Å². The number of imidazole rings is 1. The van der Waals surface area contributed by atoms with Gasteiger partial charge in [0.1, 0.15) is 18.4 Å². The van der Waals surface area contributed by atoms with Crippen molar-refractivity contribution in [3.05, 3.63) is 78.1 Å². The average Bonchev–Trinajstić information content (AvgIpc) is 3.14. The zero-order valence-corrected chi connectivity index (χ0v) is 12.1. The fourth-order valence-corrected chi connectivity index (χ4v) is 2.04. The molecule has 0 amide bonds. The molecule has 0 atom stereocenters. The summed E-state index contributed by atoms with van der Waals surface area (Å²) in [6, 6.07) is 12.3. The van der Waals surface area contributed by atoms with Crippen LogP contribution in [-0.2, 0) is 11.3 Å². The monoisotopic (exact) mass is 304 g/mol. The number of ether oxygens (including phenoxy) is 1. The van der Waals surface area contributed by atoms with Gasteiger partial charge in [-0.15, -0.1) is 0 Å². The molecule has 0 N–H and O–H groups in total. The number of esters is 1. The van der Waals surface area contributed by atoms with Crippen LogP contribution >= 0.6 is 0 Å². The van der Waals surface area contributed by atoms with Crippen LogP contribution in [0, 0.1) is 11.3 Å². The van der Waals surface area contributed by atoms with Crippen molar-refractivity contribution in [1.82, 2.24) is 14.5 Å². The Morgan fingerprint density at radius 2 is 2.04 bits per heavy atom. The van der Waals surface area contributed by atoms with E-state index in [1.165, 1.54) is 6.20 Å². The van der Waals surface area contributed by atoms with Crippen LogP contribution in [0.4, 0.5) is 0 Å². The van der Waals surface area contributed by atoms with Gasteiger partial charge in [-0.3, -0.25) is 0 Å². The molecule has 0 spiro atoms. The highest BCUT2D eigenvalue weighted by Gasteiger charge is 2.08. The first-order valence-electron chi connectivity index (χ1n) is 6.87. The summed E-state index contributed by atoms with van der Waals surface area (Å²) in [6.07, 6.45) is 6.71. The first kappa shape index (κ1) is 14.5. The van der Waals surface area contributed by atoms with Gasteiger partial charge in [0.25, 0.3) is 0 Å². The van der Waals surface area contributed by atoms with Crippen LogP contribution in [0.2, 0.25) is 0 Å². The summed E-state index contributed by atoms with van der Waals surface area (Å²) >= 11 is 0. The molecule has 2 heterocycles. The van der Waals surface area contributed by atoms with E-state index in [0.717, 1.165) is 11.3 Å². The fraction of sp³-hybridized carbons (Fsp3) is 0.0588. The number of nitriles is 1. The lowest BCUT2D eigenvalue weighted by Gasteiger charge is -2.06. The first-order chi connectivity index (χ1) is 11.3. The van der Waals surface area contributed by atoms with E-state index in [4.69, 9.17) is 10.00 Å². The van der Waals surface area contributed by atoms with Crippen molar-refractivity contribution in [2.24, 2.45) is 0 Å². The van der Waals surface area contributed by atoms with Gasteiger partial charge >= 0.3 is 5.97 Å². The standard InChI is InChI=1S/C17H12N4O2/c18-10-15-9-13(5-6-20-15)11-23-17(22)14-1-3-16(4-2-14)21-8-7-19-12-21/h1-9,12H,11H2. The van der Waals surface area contributed by atoms with Gasteiger partial charge in [-0.1, -0.05) is 0 Å². The molecule has 6 heteroatoms. The van der Waals surface area contributed by atoms with Gasteiger partial charge in [0, 0.05) is 24.3 Å². The number of hydrogen-bond donors (Lipinski definition) is 0. The van der Waals surface area contributed by atoms with Gasteiger partial charge in [-0.05, 0) is 42.0 Å². The molecule has 1 aromatic carbocycles. The summed E-state index contributed by atoms with van der Waals surface area (Å²) in [5.74, 6) is -0.419. The second-order valence-corrected chi connectivity index (χ2v) is 4.75. The SMILES string of the molecule is N#Cc1cc(COC(=O)c2ccc(-n3ccnc3)cc2)ccn1. The highest BCUT2D eigenvalue weighted by atomic mass is 16.5. The second-order valence-electron chi connectivity index (χ2n) is 4.75. The first-order valence-corrected chi connectivity index (χ1v) is 6.87. The molecule has 6 nitrogen and oxygen atoms in total. The molecule has 0 unspecified atom stereocenters. The lowest BCUT2D eigenvalue weighted by molar-refractivity contribution is 0.0472. The van der Waals surface area contributed by atoms with Crippen LogP contribution < -0.4 is 0 Å². The molecule has 3 aromatic rings. The minimum Gasteiger partial charge on any atom is -0.457 e. The lowest BCUT2D eigenvalue weighted by Crippen LogP contribution is -2.05. The lowest BCUT2D eigenvalue weighted by atomic mass is 10.2. The third-order valence-corrected chi connectivity index (χ3v) is 3.21. The Bertz CT molecular complexity index is 849. The molecule has 2 aromatic heterocycles. The number of benzene rings is 1. The number of pyridine rings is 1. The van der Waals surface area contributed by atoms with E-state index in [1.54, 1.807) is 36.8 Å². The summed E-state index contributed by atoms with van der Waals surface area (Å²) in [5, 5.41) is 8.80. The number of hydrogen-bond acceptors (Lipinski definition) is 5. The van der Waals surface area contributed by atoms with Crippen molar-refractivity contribution < 1.29 is 9.53 Å². The predicted molar refractivity (Wildman–Crippen MR) is 81.6 cm³/mol. The molecule has 23 heavy (non-hydrogen) atoms. The second kappa shape index (κ2) is 6.54. The van der Waals surface area contributed by atoms with E-state index in [-0.39, 0.29) is 6.61 Å². The van der Waals surface area contributed by atoms with Crippen molar-refractivity contribution >= 4 is 5.97 Å². The summed E-state index contributed by atoms with van der Waals surface area (Å²) in [6.45, 7) is 0.0965. The Balaban J connectivity index is 1.65.